The minimum atomic E-state index is -0.532. The molecule has 1 aromatic heterocycles. The molecule has 0 radical (unpaired) electrons. The Morgan fingerprint density at radius 2 is 1.85 bits per heavy atom. The van der Waals surface area contributed by atoms with E-state index in [9.17, 15) is 14.4 Å². The van der Waals surface area contributed by atoms with E-state index in [-0.39, 0.29) is 23.3 Å². The van der Waals surface area contributed by atoms with Crippen molar-refractivity contribution in [3.8, 4) is 0 Å². The monoisotopic (exact) mass is 372 g/mol. The Kier molecular flexibility index (Phi) is 5.21. The van der Waals surface area contributed by atoms with Gasteiger partial charge in [-0.2, -0.15) is 0 Å². The zero-order chi connectivity index (χ0) is 19.6. The third kappa shape index (κ3) is 4.67. The molecular formula is C20H24N2O5. The van der Waals surface area contributed by atoms with Gasteiger partial charge in [0.2, 0.25) is 0 Å². The number of hydrogen-bond donors (Lipinski definition) is 1. The van der Waals surface area contributed by atoms with Crippen molar-refractivity contribution in [3.63, 3.8) is 0 Å². The van der Waals surface area contributed by atoms with Crippen molar-refractivity contribution in [2.45, 2.75) is 45.3 Å². The van der Waals surface area contributed by atoms with Crippen molar-refractivity contribution in [3.05, 3.63) is 46.3 Å². The number of carbonyl (C=O) groups excluding carboxylic acids is 2. The highest BCUT2D eigenvalue weighted by Crippen LogP contribution is 2.17. The molecule has 7 nitrogen and oxygen atoms in total. The number of likely N-dealkylation sites (tertiary alicyclic amines) is 1. The summed E-state index contributed by atoms with van der Waals surface area (Å²) >= 11 is 0. The molecule has 2 heterocycles. The van der Waals surface area contributed by atoms with Gasteiger partial charge in [0.15, 0.2) is 11.2 Å². The van der Waals surface area contributed by atoms with Crippen LogP contribution in [0.2, 0.25) is 0 Å². The maximum Gasteiger partial charge on any atom is 0.410 e. The number of carbonyl (C=O) groups is 2. The van der Waals surface area contributed by atoms with Gasteiger partial charge in [0.05, 0.1) is 5.39 Å². The summed E-state index contributed by atoms with van der Waals surface area (Å²) in [6, 6.07) is 7.94. The van der Waals surface area contributed by atoms with Crippen molar-refractivity contribution in [1.82, 2.24) is 10.2 Å². The highest BCUT2D eigenvalue weighted by molar-refractivity contribution is 5.93. The Bertz CT molecular complexity index is 904. The molecule has 1 aliphatic rings. The molecular weight excluding hydrogens is 348 g/mol. The molecule has 0 aliphatic carbocycles. The highest BCUT2D eigenvalue weighted by Gasteiger charge is 2.28. The average molecular weight is 372 g/mol. The van der Waals surface area contributed by atoms with Gasteiger partial charge in [-0.1, -0.05) is 12.1 Å². The van der Waals surface area contributed by atoms with E-state index < -0.39 is 11.5 Å². The van der Waals surface area contributed by atoms with Gasteiger partial charge in [0, 0.05) is 25.2 Å². The third-order valence-corrected chi connectivity index (χ3v) is 4.34. The summed E-state index contributed by atoms with van der Waals surface area (Å²) in [6.45, 7) is 6.49. The number of hydrogen-bond acceptors (Lipinski definition) is 5. The van der Waals surface area contributed by atoms with Crippen LogP contribution in [0.25, 0.3) is 11.0 Å². The SMILES string of the molecule is CC(C)(C)OC(=O)N1CCC(NC(=O)c2cc(=O)c3ccccc3o2)CC1. The van der Waals surface area contributed by atoms with E-state index in [4.69, 9.17) is 9.15 Å². The average Bonchev–Trinajstić information content (AvgIpc) is 2.61. The number of rotatable bonds is 2. The Labute approximate surface area is 157 Å². The number of nitrogens with zero attached hydrogens (tertiary/aromatic N) is 1. The molecule has 1 N–H and O–H groups in total. The summed E-state index contributed by atoms with van der Waals surface area (Å²) in [5.74, 6) is -0.429. The predicted octanol–water partition coefficient (Wildman–Crippen LogP) is 2.92. The van der Waals surface area contributed by atoms with E-state index in [1.54, 1.807) is 29.2 Å². The van der Waals surface area contributed by atoms with E-state index in [2.05, 4.69) is 5.32 Å². The van der Waals surface area contributed by atoms with E-state index in [1.165, 1.54) is 6.07 Å². The molecule has 1 aliphatic heterocycles. The first-order valence-electron chi connectivity index (χ1n) is 9.04. The number of ether oxygens (including phenoxy) is 1. The van der Waals surface area contributed by atoms with Crippen molar-refractivity contribution >= 4 is 23.0 Å². The molecule has 7 heteroatoms. The molecule has 144 valence electrons. The quantitative estimate of drug-likeness (QED) is 0.876. The van der Waals surface area contributed by atoms with Gasteiger partial charge in [-0.15, -0.1) is 0 Å². The lowest BCUT2D eigenvalue weighted by Gasteiger charge is -2.33. The molecule has 2 aromatic rings. The van der Waals surface area contributed by atoms with Crippen molar-refractivity contribution in [2.75, 3.05) is 13.1 Å². The van der Waals surface area contributed by atoms with E-state index in [0.717, 1.165) is 0 Å². The first-order chi connectivity index (χ1) is 12.7. The van der Waals surface area contributed by atoms with Gasteiger partial charge in [-0.05, 0) is 45.7 Å². The molecule has 1 saturated heterocycles. The van der Waals surface area contributed by atoms with Gasteiger partial charge in [0.1, 0.15) is 11.2 Å². The molecule has 0 unspecified atom stereocenters. The van der Waals surface area contributed by atoms with Crippen LogP contribution < -0.4 is 10.7 Å². The lowest BCUT2D eigenvalue weighted by Crippen LogP contribution is -2.47. The van der Waals surface area contributed by atoms with Gasteiger partial charge < -0.3 is 19.4 Å². The molecule has 27 heavy (non-hydrogen) atoms. The Balaban J connectivity index is 1.60. The first kappa shape index (κ1) is 18.9. The van der Waals surface area contributed by atoms with Crippen LogP contribution in [0.3, 0.4) is 0 Å². The van der Waals surface area contributed by atoms with Gasteiger partial charge in [0.25, 0.3) is 5.91 Å². The van der Waals surface area contributed by atoms with Crippen LogP contribution in [-0.2, 0) is 4.74 Å². The Morgan fingerprint density at radius 1 is 1.19 bits per heavy atom. The lowest BCUT2D eigenvalue weighted by atomic mass is 10.1. The van der Waals surface area contributed by atoms with Crippen LogP contribution >= 0.6 is 0 Å². The van der Waals surface area contributed by atoms with Gasteiger partial charge in [-0.3, -0.25) is 9.59 Å². The number of amides is 2. The van der Waals surface area contributed by atoms with Crippen LogP contribution in [-0.4, -0.2) is 41.6 Å². The standard InChI is InChI=1S/C20H24N2O5/c1-20(2,3)27-19(25)22-10-8-13(9-11-22)21-18(24)17-12-15(23)14-6-4-5-7-16(14)26-17/h4-7,12-13H,8-11H2,1-3H3,(H,21,24). The number of benzene rings is 1. The van der Waals surface area contributed by atoms with Crippen LogP contribution in [0.5, 0.6) is 0 Å². The molecule has 1 aromatic carbocycles. The fourth-order valence-corrected chi connectivity index (χ4v) is 3.01. The van der Waals surface area contributed by atoms with E-state index in [0.29, 0.717) is 36.9 Å². The van der Waals surface area contributed by atoms with Crippen molar-refractivity contribution in [2.24, 2.45) is 0 Å². The fourth-order valence-electron chi connectivity index (χ4n) is 3.01. The van der Waals surface area contributed by atoms with Crippen LogP contribution in [0, 0.1) is 0 Å². The summed E-state index contributed by atoms with van der Waals surface area (Å²) in [5.41, 5.74) is -0.396. The molecule has 0 spiro atoms. The minimum absolute atomic E-state index is 0.00623. The summed E-state index contributed by atoms with van der Waals surface area (Å²) < 4.78 is 10.9. The largest absolute Gasteiger partial charge is 0.451 e. The first-order valence-corrected chi connectivity index (χ1v) is 9.04. The number of nitrogens with one attached hydrogen (secondary N) is 1. The Hall–Kier alpha value is -2.83. The lowest BCUT2D eigenvalue weighted by molar-refractivity contribution is 0.0199. The van der Waals surface area contributed by atoms with Crippen molar-refractivity contribution < 1.29 is 18.7 Å². The summed E-state index contributed by atoms with van der Waals surface area (Å²) in [6.07, 6.45) is 0.888. The second-order valence-corrected chi connectivity index (χ2v) is 7.69. The van der Waals surface area contributed by atoms with Crippen LogP contribution in [0.4, 0.5) is 4.79 Å². The maximum absolute atomic E-state index is 12.5. The zero-order valence-electron chi connectivity index (χ0n) is 15.8. The van der Waals surface area contributed by atoms with Crippen molar-refractivity contribution in [1.29, 1.82) is 0 Å². The normalized spacial score (nSPS) is 15.6. The zero-order valence-corrected chi connectivity index (χ0v) is 15.8. The summed E-state index contributed by atoms with van der Waals surface area (Å²) in [7, 11) is 0. The minimum Gasteiger partial charge on any atom is -0.451 e. The molecule has 1 fully saturated rings. The molecule has 3 rings (SSSR count). The van der Waals surface area contributed by atoms with Gasteiger partial charge in [-0.25, -0.2) is 4.79 Å². The fraction of sp³-hybridized carbons (Fsp3) is 0.450. The van der Waals surface area contributed by atoms with Gasteiger partial charge >= 0.3 is 6.09 Å². The maximum atomic E-state index is 12.5. The predicted molar refractivity (Wildman–Crippen MR) is 101 cm³/mol. The second-order valence-electron chi connectivity index (χ2n) is 7.69. The Morgan fingerprint density at radius 3 is 2.52 bits per heavy atom. The molecule has 0 saturated carbocycles. The van der Waals surface area contributed by atoms with Crippen LogP contribution in [0.1, 0.15) is 44.2 Å². The number of para-hydroxylation sites is 1. The third-order valence-electron chi connectivity index (χ3n) is 4.34. The summed E-state index contributed by atoms with van der Waals surface area (Å²) in [5, 5.41) is 3.33. The summed E-state index contributed by atoms with van der Waals surface area (Å²) in [4.78, 5) is 38.3. The topological polar surface area (TPSA) is 88.9 Å². The molecule has 0 bridgehead atoms. The number of fused-ring (bicyclic) bond motifs is 1. The van der Waals surface area contributed by atoms with Crippen LogP contribution in [0.15, 0.2) is 39.5 Å². The molecule has 2 amide bonds. The highest BCUT2D eigenvalue weighted by atomic mass is 16.6. The molecule has 0 atom stereocenters. The van der Waals surface area contributed by atoms with E-state index in [1.807, 2.05) is 20.8 Å². The van der Waals surface area contributed by atoms with E-state index >= 15 is 0 Å². The number of piperidine rings is 1. The second kappa shape index (κ2) is 7.42. The smallest absolute Gasteiger partial charge is 0.410 e.